The molecule has 0 atom stereocenters. The number of para-hydroxylation sites is 1. The van der Waals surface area contributed by atoms with Gasteiger partial charge in [0.25, 0.3) is 5.56 Å². The van der Waals surface area contributed by atoms with Crippen molar-refractivity contribution in [2.45, 2.75) is 33.6 Å². The zero-order valence-electron chi connectivity index (χ0n) is 22.9. The highest BCUT2D eigenvalue weighted by atomic mass is 19.1. The Balaban J connectivity index is 1.96. The molecule has 0 fully saturated rings. The lowest BCUT2D eigenvalue weighted by atomic mass is 9.96. The van der Waals surface area contributed by atoms with Gasteiger partial charge in [0.2, 0.25) is 5.95 Å². The molecule has 8 nitrogen and oxygen atoms in total. The molecular weight excluding hydrogens is 514 g/mol. The topological polar surface area (TPSA) is 92.5 Å². The van der Waals surface area contributed by atoms with Crippen LogP contribution in [-0.4, -0.2) is 45.6 Å². The second-order valence-electron chi connectivity index (χ2n) is 9.28. The molecule has 0 saturated carbocycles. The van der Waals surface area contributed by atoms with Crippen LogP contribution in [0.1, 0.15) is 38.3 Å². The van der Waals surface area contributed by atoms with Crippen LogP contribution in [0.4, 0.5) is 14.7 Å². The average Bonchev–Trinajstić information content (AvgIpc) is 2.97. The number of nitrogens with one attached hydrogen (secondary N) is 1. The van der Waals surface area contributed by atoms with Crippen molar-refractivity contribution in [3.63, 3.8) is 0 Å². The third-order valence-electron chi connectivity index (χ3n) is 6.93. The Hall–Kier alpha value is -4.31. The quantitative estimate of drug-likeness (QED) is 0.169. The van der Waals surface area contributed by atoms with E-state index in [4.69, 9.17) is 4.98 Å². The molecule has 0 aliphatic heterocycles. The second kappa shape index (κ2) is 12.7. The van der Waals surface area contributed by atoms with Crippen LogP contribution < -0.4 is 10.9 Å². The van der Waals surface area contributed by atoms with Crippen LogP contribution in [-0.2, 0) is 6.42 Å². The third kappa shape index (κ3) is 5.81. The molecule has 0 spiro atoms. The fourth-order valence-corrected chi connectivity index (χ4v) is 4.70. The first kappa shape index (κ1) is 28.7. The van der Waals surface area contributed by atoms with Crippen LogP contribution in [0.25, 0.3) is 33.7 Å². The first-order chi connectivity index (χ1) is 19.3. The lowest BCUT2D eigenvalue weighted by Crippen LogP contribution is -2.25. The monoisotopic (exact) mass is 546 g/mol. The minimum absolute atomic E-state index is 0.0486. The van der Waals surface area contributed by atoms with Crippen LogP contribution in [0.3, 0.4) is 0 Å². The van der Waals surface area contributed by atoms with Gasteiger partial charge in [-0.25, -0.2) is 13.8 Å². The summed E-state index contributed by atoms with van der Waals surface area (Å²) in [4.78, 5) is 36.0. The third-order valence-corrected chi connectivity index (χ3v) is 6.93. The number of hydrogen-bond acceptors (Lipinski definition) is 7. The number of aryl methyl sites for hydroxylation is 1. The van der Waals surface area contributed by atoms with E-state index in [1.165, 1.54) is 12.1 Å². The second-order valence-corrected chi connectivity index (χ2v) is 9.28. The smallest absolute Gasteiger partial charge is 0.256 e. The van der Waals surface area contributed by atoms with Gasteiger partial charge in [-0.05, 0) is 67.5 Å². The van der Waals surface area contributed by atoms with Gasteiger partial charge in [0.05, 0.1) is 5.69 Å². The molecule has 2 aromatic carbocycles. The van der Waals surface area contributed by atoms with Crippen LogP contribution in [0.2, 0.25) is 0 Å². The van der Waals surface area contributed by atoms with Crippen molar-refractivity contribution in [3.05, 3.63) is 93.1 Å². The summed E-state index contributed by atoms with van der Waals surface area (Å²) in [6, 6.07) is 11.6. The van der Waals surface area contributed by atoms with E-state index in [1.807, 2.05) is 13.0 Å². The number of nitrogens with zero attached hydrogens (tertiary/aromatic N) is 5. The summed E-state index contributed by atoms with van der Waals surface area (Å²) in [6.45, 7) is 13.2. The first-order valence-corrected chi connectivity index (χ1v) is 13.3. The van der Waals surface area contributed by atoms with E-state index in [9.17, 15) is 18.5 Å². The maximum absolute atomic E-state index is 14.9. The van der Waals surface area contributed by atoms with Gasteiger partial charge in [0, 0.05) is 29.1 Å². The number of aromatic nitrogens is 3. The van der Waals surface area contributed by atoms with Crippen molar-refractivity contribution >= 4 is 22.7 Å². The first-order valence-electron chi connectivity index (χ1n) is 13.3. The SMILES string of the molecule is C=C(N=O)c1ccc(CC)c(-c2nc(NCCCN(CC)CC)nc3c2ccc(=O)n3-c2c(F)cccc2F)c1. The molecule has 2 heterocycles. The van der Waals surface area contributed by atoms with E-state index in [1.54, 1.807) is 18.2 Å². The van der Waals surface area contributed by atoms with Gasteiger partial charge < -0.3 is 10.2 Å². The van der Waals surface area contributed by atoms with Crippen molar-refractivity contribution in [2.24, 2.45) is 5.18 Å². The number of hydrogen-bond donors (Lipinski definition) is 1. The molecule has 208 valence electrons. The number of rotatable bonds is 12. The lowest BCUT2D eigenvalue weighted by molar-refractivity contribution is 0.303. The summed E-state index contributed by atoms with van der Waals surface area (Å²) >= 11 is 0. The van der Waals surface area contributed by atoms with E-state index in [-0.39, 0.29) is 17.3 Å². The van der Waals surface area contributed by atoms with Gasteiger partial charge >= 0.3 is 0 Å². The Morgan fingerprint density at radius 2 is 1.77 bits per heavy atom. The molecule has 0 saturated heterocycles. The van der Waals surface area contributed by atoms with Crippen molar-refractivity contribution < 1.29 is 8.78 Å². The van der Waals surface area contributed by atoms with E-state index >= 15 is 0 Å². The zero-order valence-corrected chi connectivity index (χ0v) is 22.9. The summed E-state index contributed by atoms with van der Waals surface area (Å²) in [6.07, 6.45) is 1.44. The molecule has 1 N–H and O–H groups in total. The average molecular weight is 547 g/mol. The van der Waals surface area contributed by atoms with Gasteiger partial charge in [-0.15, -0.1) is 4.91 Å². The molecule has 0 aliphatic rings. The summed E-state index contributed by atoms with van der Waals surface area (Å²) in [7, 11) is 0. The van der Waals surface area contributed by atoms with Gasteiger partial charge in [-0.3, -0.25) is 9.36 Å². The Morgan fingerprint density at radius 3 is 2.42 bits per heavy atom. The molecule has 0 aliphatic carbocycles. The van der Waals surface area contributed by atoms with E-state index < -0.39 is 22.9 Å². The van der Waals surface area contributed by atoms with E-state index in [2.05, 4.69) is 40.8 Å². The molecule has 4 aromatic rings. The molecule has 2 aromatic heterocycles. The van der Waals surface area contributed by atoms with Crippen molar-refractivity contribution in [1.82, 2.24) is 19.4 Å². The minimum Gasteiger partial charge on any atom is -0.354 e. The van der Waals surface area contributed by atoms with Gasteiger partial charge in [0.15, 0.2) is 5.65 Å². The van der Waals surface area contributed by atoms with Gasteiger partial charge in [-0.2, -0.15) is 4.98 Å². The fraction of sp³-hybridized carbons (Fsp3) is 0.300. The molecule has 0 radical (unpaired) electrons. The lowest BCUT2D eigenvalue weighted by Gasteiger charge is -2.19. The van der Waals surface area contributed by atoms with Crippen molar-refractivity contribution in [3.8, 4) is 16.9 Å². The summed E-state index contributed by atoms with van der Waals surface area (Å²) in [5, 5.41) is 6.61. The van der Waals surface area contributed by atoms with Crippen LogP contribution >= 0.6 is 0 Å². The standard InChI is InChI=1S/C30H32F2N6O2/c1-5-20-12-13-21(19(4)36-40)18-23(20)27-22-14-15-26(39)38(28-24(31)10-8-11-25(28)32)29(22)35-30(34-27)33-16-9-17-37(6-2)7-3/h8,10-15,18H,4-7,9,16-17H2,1-3H3,(H,33,34,35). The van der Waals surface area contributed by atoms with Crippen LogP contribution in [0.5, 0.6) is 0 Å². The number of halogens is 2. The molecule has 40 heavy (non-hydrogen) atoms. The van der Waals surface area contributed by atoms with Gasteiger partial charge in [-0.1, -0.05) is 45.5 Å². The Morgan fingerprint density at radius 1 is 1.05 bits per heavy atom. The van der Waals surface area contributed by atoms with Crippen LogP contribution in [0, 0.1) is 16.5 Å². The Kier molecular flexibility index (Phi) is 9.11. The Labute approximate surface area is 231 Å². The highest BCUT2D eigenvalue weighted by molar-refractivity contribution is 5.93. The zero-order chi connectivity index (χ0) is 28.8. The Bertz CT molecular complexity index is 1590. The highest BCUT2D eigenvalue weighted by Gasteiger charge is 2.21. The van der Waals surface area contributed by atoms with E-state index in [0.29, 0.717) is 35.2 Å². The van der Waals surface area contributed by atoms with E-state index in [0.717, 1.165) is 48.3 Å². The number of anilines is 1. The molecule has 0 unspecified atom stereocenters. The molecule has 0 amide bonds. The maximum Gasteiger partial charge on any atom is 0.256 e. The highest BCUT2D eigenvalue weighted by Crippen LogP contribution is 2.33. The summed E-state index contributed by atoms with van der Waals surface area (Å²) in [5.41, 5.74) is 1.48. The molecular formula is C30H32F2N6O2. The van der Waals surface area contributed by atoms with Crippen molar-refractivity contribution in [2.75, 3.05) is 31.5 Å². The summed E-state index contributed by atoms with van der Waals surface area (Å²) in [5.74, 6) is -1.58. The maximum atomic E-state index is 14.9. The van der Waals surface area contributed by atoms with Crippen molar-refractivity contribution in [1.29, 1.82) is 0 Å². The fourth-order valence-electron chi connectivity index (χ4n) is 4.70. The number of pyridine rings is 1. The predicted octanol–water partition coefficient (Wildman–Crippen LogP) is 6.17. The normalized spacial score (nSPS) is 11.2. The predicted molar refractivity (Wildman–Crippen MR) is 156 cm³/mol. The van der Waals surface area contributed by atoms with Gasteiger partial charge in [0.1, 0.15) is 23.0 Å². The number of benzene rings is 2. The molecule has 4 rings (SSSR count). The van der Waals surface area contributed by atoms with Crippen LogP contribution in [0.15, 0.2) is 65.1 Å². The minimum atomic E-state index is -0.895. The molecule has 10 heteroatoms. The largest absolute Gasteiger partial charge is 0.354 e. The summed E-state index contributed by atoms with van der Waals surface area (Å²) < 4.78 is 30.8. The number of fused-ring (bicyclic) bond motifs is 1. The number of nitroso groups, excluding NO2 is 1. The molecule has 0 bridgehead atoms.